The Bertz CT molecular complexity index is 641. The molecular formula is C14H11FN2O3. The van der Waals surface area contributed by atoms with E-state index >= 15 is 0 Å². The van der Waals surface area contributed by atoms with E-state index in [0.717, 1.165) is 0 Å². The molecule has 102 valence electrons. The monoisotopic (exact) mass is 274 g/mol. The maximum absolute atomic E-state index is 12.9. The minimum atomic E-state index is -1.04. The number of urea groups is 1. The molecule has 2 amide bonds. The van der Waals surface area contributed by atoms with Gasteiger partial charge in [0.25, 0.3) is 0 Å². The summed E-state index contributed by atoms with van der Waals surface area (Å²) in [6.45, 7) is 0. The highest BCUT2D eigenvalue weighted by Gasteiger charge is 2.05. The SMILES string of the molecule is O=C(Nc1ccc(C(=O)O)cc1)Nc1cccc(F)c1. The summed E-state index contributed by atoms with van der Waals surface area (Å²) in [7, 11) is 0. The normalized spacial score (nSPS) is 9.85. The number of amides is 2. The average molecular weight is 274 g/mol. The van der Waals surface area contributed by atoms with Crippen LogP contribution in [0.25, 0.3) is 0 Å². The molecule has 0 aliphatic carbocycles. The first-order valence-corrected chi connectivity index (χ1v) is 5.71. The highest BCUT2D eigenvalue weighted by Crippen LogP contribution is 2.12. The Morgan fingerprint density at radius 2 is 1.60 bits per heavy atom. The highest BCUT2D eigenvalue weighted by molar-refractivity contribution is 6.00. The summed E-state index contributed by atoms with van der Waals surface area (Å²) in [5.74, 6) is -1.49. The molecule has 0 aromatic heterocycles. The molecule has 0 saturated carbocycles. The van der Waals surface area contributed by atoms with Crippen LogP contribution in [-0.2, 0) is 0 Å². The highest BCUT2D eigenvalue weighted by atomic mass is 19.1. The second-order valence-electron chi connectivity index (χ2n) is 3.97. The van der Waals surface area contributed by atoms with Gasteiger partial charge in [0.15, 0.2) is 0 Å². The molecule has 0 unspecified atom stereocenters. The van der Waals surface area contributed by atoms with Crippen molar-refractivity contribution in [3.8, 4) is 0 Å². The van der Waals surface area contributed by atoms with Gasteiger partial charge in [0.05, 0.1) is 5.56 Å². The van der Waals surface area contributed by atoms with Gasteiger partial charge >= 0.3 is 12.0 Å². The molecule has 0 atom stereocenters. The number of halogens is 1. The van der Waals surface area contributed by atoms with E-state index in [-0.39, 0.29) is 5.56 Å². The van der Waals surface area contributed by atoms with Crippen molar-refractivity contribution >= 4 is 23.4 Å². The Hall–Kier alpha value is -2.89. The molecule has 0 heterocycles. The summed E-state index contributed by atoms with van der Waals surface area (Å²) >= 11 is 0. The van der Waals surface area contributed by atoms with E-state index in [0.29, 0.717) is 11.4 Å². The quantitative estimate of drug-likeness (QED) is 0.804. The summed E-state index contributed by atoms with van der Waals surface area (Å²) in [5.41, 5.74) is 0.884. The number of rotatable bonds is 3. The van der Waals surface area contributed by atoms with Crippen LogP contribution in [0.2, 0.25) is 0 Å². The van der Waals surface area contributed by atoms with E-state index in [4.69, 9.17) is 5.11 Å². The number of anilines is 2. The van der Waals surface area contributed by atoms with Gasteiger partial charge in [-0.25, -0.2) is 14.0 Å². The van der Waals surface area contributed by atoms with Crippen molar-refractivity contribution in [2.75, 3.05) is 10.6 Å². The zero-order valence-electron chi connectivity index (χ0n) is 10.3. The lowest BCUT2D eigenvalue weighted by Gasteiger charge is -2.07. The minimum Gasteiger partial charge on any atom is -0.478 e. The topological polar surface area (TPSA) is 78.4 Å². The van der Waals surface area contributed by atoms with Gasteiger partial charge in [-0.15, -0.1) is 0 Å². The van der Waals surface area contributed by atoms with E-state index in [2.05, 4.69) is 10.6 Å². The Kier molecular flexibility index (Phi) is 3.95. The van der Waals surface area contributed by atoms with E-state index in [1.54, 1.807) is 6.07 Å². The lowest BCUT2D eigenvalue weighted by molar-refractivity contribution is 0.0697. The lowest BCUT2D eigenvalue weighted by Crippen LogP contribution is -2.19. The van der Waals surface area contributed by atoms with Crippen molar-refractivity contribution in [3.05, 3.63) is 59.9 Å². The maximum atomic E-state index is 12.9. The molecule has 2 aromatic rings. The van der Waals surface area contributed by atoms with Gasteiger partial charge in [0.1, 0.15) is 5.82 Å². The number of nitrogens with one attached hydrogen (secondary N) is 2. The smallest absolute Gasteiger partial charge is 0.335 e. The van der Waals surface area contributed by atoms with Crippen LogP contribution in [0.1, 0.15) is 10.4 Å². The zero-order chi connectivity index (χ0) is 14.5. The Morgan fingerprint density at radius 1 is 0.950 bits per heavy atom. The molecule has 2 rings (SSSR count). The van der Waals surface area contributed by atoms with Crippen molar-refractivity contribution < 1.29 is 19.1 Å². The van der Waals surface area contributed by atoms with Gasteiger partial charge in [-0.1, -0.05) is 6.07 Å². The number of aromatic carboxylic acids is 1. The Morgan fingerprint density at radius 3 is 2.20 bits per heavy atom. The van der Waals surface area contributed by atoms with Crippen molar-refractivity contribution in [2.24, 2.45) is 0 Å². The molecule has 0 bridgehead atoms. The number of carbonyl (C=O) groups is 2. The van der Waals surface area contributed by atoms with Crippen LogP contribution in [0.5, 0.6) is 0 Å². The number of hydrogen-bond acceptors (Lipinski definition) is 2. The Labute approximate surface area is 114 Å². The van der Waals surface area contributed by atoms with Crippen LogP contribution in [-0.4, -0.2) is 17.1 Å². The molecule has 5 nitrogen and oxygen atoms in total. The second kappa shape index (κ2) is 5.83. The fraction of sp³-hybridized carbons (Fsp3) is 0. The fourth-order valence-electron chi connectivity index (χ4n) is 1.56. The van der Waals surface area contributed by atoms with Gasteiger partial charge in [-0.2, -0.15) is 0 Å². The van der Waals surface area contributed by atoms with Crippen LogP contribution < -0.4 is 10.6 Å². The molecule has 2 aromatic carbocycles. The summed E-state index contributed by atoms with van der Waals surface area (Å²) in [4.78, 5) is 22.3. The maximum Gasteiger partial charge on any atom is 0.335 e. The molecular weight excluding hydrogens is 263 g/mol. The zero-order valence-corrected chi connectivity index (χ0v) is 10.3. The third-order valence-corrected chi connectivity index (χ3v) is 2.47. The summed E-state index contributed by atoms with van der Waals surface area (Å²) in [6, 6.07) is 10.6. The van der Waals surface area contributed by atoms with E-state index < -0.39 is 17.8 Å². The molecule has 0 saturated heterocycles. The van der Waals surface area contributed by atoms with E-state index in [9.17, 15) is 14.0 Å². The van der Waals surface area contributed by atoms with Gasteiger partial charge in [0, 0.05) is 11.4 Å². The molecule has 0 fully saturated rings. The van der Waals surface area contributed by atoms with Gasteiger partial charge in [0.2, 0.25) is 0 Å². The predicted molar refractivity (Wildman–Crippen MR) is 72.4 cm³/mol. The van der Waals surface area contributed by atoms with E-state index in [1.807, 2.05) is 0 Å². The number of hydrogen-bond donors (Lipinski definition) is 3. The first kappa shape index (κ1) is 13.5. The molecule has 20 heavy (non-hydrogen) atoms. The number of carboxylic acid groups (broad SMARTS) is 1. The van der Waals surface area contributed by atoms with Gasteiger partial charge in [-0.3, -0.25) is 0 Å². The van der Waals surface area contributed by atoms with Crippen LogP contribution in [0.15, 0.2) is 48.5 Å². The van der Waals surface area contributed by atoms with Crippen LogP contribution in [0, 0.1) is 5.82 Å². The third-order valence-electron chi connectivity index (χ3n) is 2.47. The van der Waals surface area contributed by atoms with Crippen molar-refractivity contribution in [1.82, 2.24) is 0 Å². The third kappa shape index (κ3) is 3.55. The number of benzene rings is 2. The molecule has 3 N–H and O–H groups in total. The number of carbonyl (C=O) groups excluding carboxylic acids is 1. The first-order valence-electron chi connectivity index (χ1n) is 5.71. The summed E-state index contributed by atoms with van der Waals surface area (Å²) < 4.78 is 12.9. The minimum absolute atomic E-state index is 0.126. The summed E-state index contributed by atoms with van der Waals surface area (Å²) in [5, 5.41) is 13.7. The number of carboxylic acids is 1. The Balaban J connectivity index is 1.99. The lowest BCUT2D eigenvalue weighted by atomic mass is 10.2. The predicted octanol–water partition coefficient (Wildman–Crippen LogP) is 3.17. The fourth-order valence-corrected chi connectivity index (χ4v) is 1.56. The van der Waals surface area contributed by atoms with Crippen LogP contribution >= 0.6 is 0 Å². The standard InChI is InChI=1S/C14H11FN2O3/c15-10-2-1-3-12(8-10)17-14(20)16-11-6-4-9(5-7-11)13(18)19/h1-8H,(H,18,19)(H2,16,17,20). The average Bonchev–Trinajstić information content (AvgIpc) is 2.39. The molecule has 6 heteroatoms. The van der Waals surface area contributed by atoms with Crippen LogP contribution in [0.4, 0.5) is 20.6 Å². The molecule has 0 aliphatic heterocycles. The van der Waals surface area contributed by atoms with Gasteiger partial charge < -0.3 is 15.7 Å². The first-order chi connectivity index (χ1) is 9.54. The second-order valence-corrected chi connectivity index (χ2v) is 3.97. The van der Waals surface area contributed by atoms with Crippen molar-refractivity contribution in [3.63, 3.8) is 0 Å². The van der Waals surface area contributed by atoms with E-state index in [1.165, 1.54) is 42.5 Å². The van der Waals surface area contributed by atoms with Crippen LogP contribution in [0.3, 0.4) is 0 Å². The largest absolute Gasteiger partial charge is 0.478 e. The van der Waals surface area contributed by atoms with Crippen molar-refractivity contribution in [1.29, 1.82) is 0 Å². The van der Waals surface area contributed by atoms with Gasteiger partial charge in [-0.05, 0) is 42.5 Å². The molecule has 0 radical (unpaired) electrons. The van der Waals surface area contributed by atoms with Crippen molar-refractivity contribution in [2.45, 2.75) is 0 Å². The molecule has 0 spiro atoms. The summed E-state index contributed by atoms with van der Waals surface area (Å²) in [6.07, 6.45) is 0. The molecule has 0 aliphatic rings.